The first-order valence-electron chi connectivity index (χ1n) is 12.2. The van der Waals surface area contributed by atoms with E-state index in [2.05, 4.69) is 29.4 Å². The van der Waals surface area contributed by atoms with Crippen LogP contribution in [0.2, 0.25) is 0 Å². The van der Waals surface area contributed by atoms with Crippen LogP contribution in [-0.2, 0) is 29.7 Å². The van der Waals surface area contributed by atoms with Crippen LogP contribution in [0.25, 0.3) is 10.9 Å². The Labute approximate surface area is 209 Å². The van der Waals surface area contributed by atoms with Gasteiger partial charge in [0.2, 0.25) is 5.91 Å². The zero-order valence-corrected chi connectivity index (χ0v) is 20.1. The summed E-state index contributed by atoms with van der Waals surface area (Å²) < 4.78 is 16.4. The molecule has 1 amide bonds. The molecular formula is C31H26FN3O. The lowest BCUT2D eigenvalue weighted by Crippen LogP contribution is -2.39. The Bertz CT molecular complexity index is 1560. The van der Waals surface area contributed by atoms with E-state index in [1.165, 1.54) is 17.7 Å². The number of hydrogen-bond donors (Lipinski definition) is 0. The lowest BCUT2D eigenvalue weighted by molar-refractivity contribution is -0.122. The predicted molar refractivity (Wildman–Crippen MR) is 140 cm³/mol. The summed E-state index contributed by atoms with van der Waals surface area (Å²) in [6.45, 7) is 3.06. The largest absolute Gasteiger partial charge is 0.307 e. The molecule has 4 nitrogen and oxygen atoms in total. The molecule has 0 saturated heterocycles. The highest BCUT2D eigenvalue weighted by molar-refractivity contribution is 6.08. The van der Waals surface area contributed by atoms with E-state index in [-0.39, 0.29) is 11.7 Å². The second-order valence-electron chi connectivity index (χ2n) is 9.73. The van der Waals surface area contributed by atoms with Gasteiger partial charge in [0.1, 0.15) is 5.82 Å². The van der Waals surface area contributed by atoms with Gasteiger partial charge in [0.15, 0.2) is 0 Å². The molecule has 1 aliphatic heterocycles. The lowest BCUT2D eigenvalue weighted by Gasteiger charge is -2.25. The van der Waals surface area contributed by atoms with Gasteiger partial charge in [-0.1, -0.05) is 72.8 Å². The fourth-order valence-electron chi connectivity index (χ4n) is 5.32. The molecule has 1 aromatic heterocycles. The standard InChI is InChI=1S/C31H26FN3O/c1-31(18-24-12-13-25-19-33-35(29(25)16-24)21-23-10-6-3-7-11-23)27-17-26(32)14-15-28(27)34(30(31)36)20-22-8-4-2-5-9-22/h2-17,19H,18,20-21H2,1H3/t31-/m0/s1. The van der Waals surface area contributed by atoms with E-state index < -0.39 is 5.41 Å². The summed E-state index contributed by atoms with van der Waals surface area (Å²) in [4.78, 5) is 15.7. The fraction of sp³-hybridized carbons (Fsp3) is 0.161. The summed E-state index contributed by atoms with van der Waals surface area (Å²) in [5.74, 6) is -0.337. The minimum Gasteiger partial charge on any atom is -0.307 e. The van der Waals surface area contributed by atoms with Crippen LogP contribution in [0.1, 0.15) is 29.2 Å². The van der Waals surface area contributed by atoms with E-state index in [9.17, 15) is 9.18 Å². The minimum atomic E-state index is -0.871. The zero-order valence-electron chi connectivity index (χ0n) is 20.1. The second kappa shape index (κ2) is 8.76. The normalized spacial score (nSPS) is 17.1. The Morgan fingerprint density at radius 3 is 2.22 bits per heavy atom. The first kappa shape index (κ1) is 22.2. The number of amides is 1. The maximum Gasteiger partial charge on any atom is 0.238 e. The summed E-state index contributed by atoms with van der Waals surface area (Å²) in [5.41, 5.74) is 4.90. The van der Waals surface area contributed by atoms with Gasteiger partial charge in [0.25, 0.3) is 0 Å². The average molecular weight is 476 g/mol. The van der Waals surface area contributed by atoms with Gasteiger partial charge in [-0.25, -0.2) is 4.39 Å². The van der Waals surface area contributed by atoms with E-state index in [1.54, 1.807) is 11.0 Å². The third-order valence-corrected chi connectivity index (χ3v) is 7.19. The van der Waals surface area contributed by atoms with Crippen molar-refractivity contribution in [2.75, 3.05) is 4.90 Å². The maximum atomic E-state index is 14.4. The predicted octanol–water partition coefficient (Wildman–Crippen LogP) is 6.27. The van der Waals surface area contributed by atoms with Crippen molar-refractivity contribution in [1.82, 2.24) is 9.78 Å². The lowest BCUT2D eigenvalue weighted by atomic mass is 9.78. The third-order valence-electron chi connectivity index (χ3n) is 7.19. The Hall–Kier alpha value is -4.25. The monoisotopic (exact) mass is 475 g/mol. The molecule has 0 bridgehead atoms. The highest BCUT2D eigenvalue weighted by atomic mass is 19.1. The van der Waals surface area contributed by atoms with E-state index in [1.807, 2.05) is 72.4 Å². The topological polar surface area (TPSA) is 38.1 Å². The molecule has 0 N–H and O–H groups in total. The number of benzene rings is 4. The van der Waals surface area contributed by atoms with Crippen molar-refractivity contribution < 1.29 is 9.18 Å². The Morgan fingerprint density at radius 1 is 0.806 bits per heavy atom. The molecule has 36 heavy (non-hydrogen) atoms. The molecule has 0 radical (unpaired) electrons. The number of anilines is 1. The molecule has 1 atom stereocenters. The number of rotatable bonds is 6. The van der Waals surface area contributed by atoms with E-state index >= 15 is 0 Å². The van der Waals surface area contributed by atoms with Gasteiger partial charge in [-0.05, 0) is 59.9 Å². The van der Waals surface area contributed by atoms with Gasteiger partial charge in [0, 0.05) is 11.1 Å². The summed E-state index contributed by atoms with van der Waals surface area (Å²) in [6.07, 6.45) is 2.34. The van der Waals surface area contributed by atoms with E-state index in [0.29, 0.717) is 19.5 Å². The third kappa shape index (κ3) is 3.87. The van der Waals surface area contributed by atoms with Crippen LogP contribution >= 0.6 is 0 Å². The molecule has 178 valence electrons. The number of nitrogens with zero attached hydrogens (tertiary/aromatic N) is 3. The SMILES string of the molecule is C[C@@]1(Cc2ccc3cnn(Cc4ccccc4)c3c2)C(=O)N(Cc2ccccc2)c2ccc(F)cc21. The number of hydrogen-bond acceptors (Lipinski definition) is 2. The summed E-state index contributed by atoms with van der Waals surface area (Å²) >= 11 is 0. The van der Waals surface area contributed by atoms with Crippen molar-refractivity contribution in [3.63, 3.8) is 0 Å². The Morgan fingerprint density at radius 2 is 1.50 bits per heavy atom. The number of carbonyl (C=O) groups is 1. The highest BCUT2D eigenvalue weighted by Gasteiger charge is 2.47. The van der Waals surface area contributed by atoms with E-state index in [0.717, 1.165) is 33.3 Å². The molecule has 0 fully saturated rings. The first-order chi connectivity index (χ1) is 17.5. The molecule has 0 saturated carbocycles. The molecule has 5 heteroatoms. The van der Waals surface area contributed by atoms with Crippen LogP contribution in [-0.4, -0.2) is 15.7 Å². The Kier molecular flexibility index (Phi) is 5.41. The number of carbonyl (C=O) groups excluding carboxylic acids is 1. The molecule has 1 aliphatic rings. The van der Waals surface area contributed by atoms with Crippen LogP contribution in [0.3, 0.4) is 0 Å². The molecule has 0 unspecified atom stereocenters. The van der Waals surface area contributed by atoms with Crippen LogP contribution in [0.4, 0.5) is 10.1 Å². The van der Waals surface area contributed by atoms with E-state index in [4.69, 9.17) is 0 Å². The van der Waals surface area contributed by atoms with Gasteiger partial charge >= 0.3 is 0 Å². The summed E-state index contributed by atoms with van der Waals surface area (Å²) in [7, 11) is 0. The molecule has 0 aliphatic carbocycles. The molecular weight excluding hydrogens is 449 g/mol. The smallest absolute Gasteiger partial charge is 0.238 e. The quantitative estimate of drug-likeness (QED) is 0.290. The zero-order chi connectivity index (χ0) is 24.7. The molecule has 5 aromatic rings. The van der Waals surface area contributed by atoms with Gasteiger partial charge in [-0.3, -0.25) is 9.48 Å². The van der Waals surface area contributed by atoms with Crippen LogP contribution in [0.5, 0.6) is 0 Å². The number of halogens is 1. The summed E-state index contributed by atoms with van der Waals surface area (Å²) in [5, 5.41) is 5.64. The van der Waals surface area contributed by atoms with Crippen LogP contribution in [0.15, 0.2) is 103 Å². The minimum absolute atomic E-state index is 0.00940. The molecule has 2 heterocycles. The second-order valence-corrected chi connectivity index (χ2v) is 9.73. The van der Waals surface area contributed by atoms with Crippen molar-refractivity contribution in [3.05, 3.63) is 131 Å². The van der Waals surface area contributed by atoms with Crippen molar-refractivity contribution >= 4 is 22.5 Å². The number of fused-ring (bicyclic) bond motifs is 2. The van der Waals surface area contributed by atoms with Gasteiger partial charge in [-0.2, -0.15) is 5.10 Å². The van der Waals surface area contributed by atoms with Crippen molar-refractivity contribution in [1.29, 1.82) is 0 Å². The molecule has 4 aromatic carbocycles. The summed E-state index contributed by atoms with van der Waals surface area (Å²) in [6, 6.07) is 31.0. The average Bonchev–Trinajstić information content (AvgIpc) is 3.37. The van der Waals surface area contributed by atoms with Crippen LogP contribution in [0, 0.1) is 5.82 Å². The van der Waals surface area contributed by atoms with Crippen molar-refractivity contribution in [2.24, 2.45) is 0 Å². The van der Waals surface area contributed by atoms with Gasteiger partial charge in [0.05, 0.1) is 30.2 Å². The molecule has 0 spiro atoms. The highest BCUT2D eigenvalue weighted by Crippen LogP contribution is 2.45. The fourth-order valence-corrected chi connectivity index (χ4v) is 5.32. The number of aromatic nitrogens is 2. The van der Waals surface area contributed by atoms with Crippen molar-refractivity contribution in [3.8, 4) is 0 Å². The maximum absolute atomic E-state index is 14.4. The molecule has 6 rings (SSSR count). The van der Waals surface area contributed by atoms with Gasteiger partial charge < -0.3 is 4.90 Å². The first-order valence-corrected chi connectivity index (χ1v) is 12.2. The van der Waals surface area contributed by atoms with Crippen LogP contribution < -0.4 is 4.90 Å². The Balaban J connectivity index is 1.36. The van der Waals surface area contributed by atoms with Gasteiger partial charge in [-0.15, -0.1) is 0 Å². The van der Waals surface area contributed by atoms with Crippen molar-refractivity contribution in [2.45, 2.75) is 31.8 Å².